The second-order valence-corrected chi connectivity index (χ2v) is 7.12. The summed E-state index contributed by atoms with van der Waals surface area (Å²) in [5, 5.41) is 8.06. The number of hydrogen-bond donors (Lipinski definition) is 4. The number of H-pyrrole nitrogens is 1. The fraction of sp³-hybridized carbons (Fsp3) is 0.211. The molecule has 0 unspecified atom stereocenters. The van der Waals surface area contributed by atoms with Crippen molar-refractivity contribution in [2.75, 3.05) is 11.5 Å². The average molecular weight is 386 g/mol. The van der Waals surface area contributed by atoms with E-state index in [2.05, 4.69) is 4.98 Å². The molecule has 6 nitrogen and oxygen atoms in total. The number of rotatable bonds is 3. The molecule has 1 aliphatic carbocycles. The highest BCUT2D eigenvalue weighted by atomic mass is 35.5. The van der Waals surface area contributed by atoms with Gasteiger partial charge in [-0.1, -0.05) is 17.7 Å². The van der Waals surface area contributed by atoms with Gasteiger partial charge in [0, 0.05) is 29.0 Å². The van der Waals surface area contributed by atoms with Gasteiger partial charge in [0.25, 0.3) is 5.56 Å². The van der Waals surface area contributed by atoms with Crippen molar-refractivity contribution in [3.05, 3.63) is 50.1 Å². The summed E-state index contributed by atoms with van der Waals surface area (Å²) in [6.07, 6.45) is 3.00. The Bertz CT molecular complexity index is 1180. The number of aromatic nitrogens is 2. The lowest BCUT2D eigenvalue weighted by molar-refractivity contribution is 0.632. The zero-order valence-electron chi connectivity index (χ0n) is 14.5. The maximum Gasteiger partial charge on any atom is 0.272 e. The molecule has 1 aliphatic rings. The Morgan fingerprint density at radius 1 is 1.33 bits per heavy atom. The van der Waals surface area contributed by atoms with Crippen molar-refractivity contribution in [2.45, 2.75) is 25.7 Å². The van der Waals surface area contributed by atoms with E-state index >= 15 is 0 Å². The highest BCUT2D eigenvalue weighted by molar-refractivity contribution is 6.36. The van der Waals surface area contributed by atoms with Crippen LogP contribution in [0.1, 0.15) is 35.6 Å². The monoisotopic (exact) mass is 385 g/mol. The SMILES string of the molecule is Cc1c(C2CC2)nc2c(-c3ccc(F)c(N)c3C=N)c(N)c(=O)[nH]c2c1Cl. The summed E-state index contributed by atoms with van der Waals surface area (Å²) < 4.78 is 13.9. The largest absolute Gasteiger partial charge is 0.396 e. The number of hydrogen-bond acceptors (Lipinski definition) is 5. The van der Waals surface area contributed by atoms with Crippen molar-refractivity contribution >= 4 is 40.2 Å². The average Bonchev–Trinajstić information content (AvgIpc) is 3.48. The molecule has 2 heterocycles. The van der Waals surface area contributed by atoms with Crippen molar-refractivity contribution in [3.63, 3.8) is 0 Å². The van der Waals surface area contributed by atoms with Crippen molar-refractivity contribution in [1.82, 2.24) is 9.97 Å². The van der Waals surface area contributed by atoms with Crippen molar-refractivity contribution < 1.29 is 4.39 Å². The molecule has 0 bridgehead atoms. The number of pyridine rings is 2. The van der Waals surface area contributed by atoms with Gasteiger partial charge in [-0.05, 0) is 37.0 Å². The molecule has 1 aromatic carbocycles. The lowest BCUT2D eigenvalue weighted by Crippen LogP contribution is -2.16. The molecular weight excluding hydrogens is 369 g/mol. The van der Waals surface area contributed by atoms with Crippen LogP contribution < -0.4 is 17.0 Å². The van der Waals surface area contributed by atoms with E-state index in [4.69, 9.17) is 33.5 Å². The van der Waals surface area contributed by atoms with Crippen molar-refractivity contribution in [1.29, 1.82) is 5.41 Å². The summed E-state index contributed by atoms with van der Waals surface area (Å²) in [4.78, 5) is 19.9. The molecule has 0 saturated heterocycles. The molecule has 0 radical (unpaired) electrons. The minimum atomic E-state index is -0.648. The predicted molar refractivity (Wildman–Crippen MR) is 106 cm³/mol. The number of nitrogen functional groups attached to an aromatic ring is 2. The molecular formula is C19H17ClFN5O. The Hall–Kier alpha value is -2.93. The molecule has 0 aliphatic heterocycles. The number of halogens is 2. The van der Waals surface area contributed by atoms with Crippen LogP contribution in [0.15, 0.2) is 16.9 Å². The molecule has 0 amide bonds. The molecule has 1 fully saturated rings. The molecule has 3 aromatic rings. The molecule has 0 spiro atoms. The second-order valence-electron chi connectivity index (χ2n) is 6.74. The number of nitrogens with zero attached hydrogens (tertiary/aromatic N) is 1. The lowest BCUT2D eigenvalue weighted by Gasteiger charge is -2.16. The molecule has 1 saturated carbocycles. The van der Waals surface area contributed by atoms with Crippen molar-refractivity contribution in [2.24, 2.45) is 0 Å². The molecule has 138 valence electrons. The summed E-state index contributed by atoms with van der Waals surface area (Å²) in [5.74, 6) is -0.320. The van der Waals surface area contributed by atoms with E-state index < -0.39 is 11.4 Å². The minimum Gasteiger partial charge on any atom is -0.396 e. The van der Waals surface area contributed by atoms with Crippen LogP contribution in [-0.4, -0.2) is 16.2 Å². The number of nitrogens with one attached hydrogen (secondary N) is 2. The fourth-order valence-electron chi connectivity index (χ4n) is 3.39. The first-order valence-corrected chi connectivity index (χ1v) is 8.83. The van der Waals surface area contributed by atoms with Crippen LogP contribution in [-0.2, 0) is 0 Å². The van der Waals surface area contributed by atoms with Crippen LogP contribution in [0.4, 0.5) is 15.8 Å². The van der Waals surface area contributed by atoms with E-state index in [9.17, 15) is 9.18 Å². The van der Waals surface area contributed by atoms with E-state index in [1.54, 1.807) is 0 Å². The number of benzene rings is 1. The van der Waals surface area contributed by atoms with E-state index in [0.29, 0.717) is 33.1 Å². The van der Waals surface area contributed by atoms with Crippen LogP contribution in [0.25, 0.3) is 22.2 Å². The van der Waals surface area contributed by atoms with E-state index in [-0.39, 0.29) is 16.9 Å². The molecule has 27 heavy (non-hydrogen) atoms. The van der Waals surface area contributed by atoms with Gasteiger partial charge in [0.15, 0.2) is 0 Å². The normalized spacial score (nSPS) is 13.9. The van der Waals surface area contributed by atoms with Crippen LogP contribution in [0, 0.1) is 18.2 Å². The van der Waals surface area contributed by atoms with Gasteiger partial charge in [0.1, 0.15) is 11.5 Å². The van der Waals surface area contributed by atoms with Gasteiger partial charge in [-0.2, -0.15) is 0 Å². The smallest absolute Gasteiger partial charge is 0.272 e. The zero-order valence-corrected chi connectivity index (χ0v) is 15.2. The van der Waals surface area contributed by atoms with Gasteiger partial charge < -0.3 is 21.9 Å². The number of aromatic amines is 1. The van der Waals surface area contributed by atoms with E-state index in [1.807, 2.05) is 6.92 Å². The number of fused-ring (bicyclic) bond motifs is 1. The molecule has 6 N–H and O–H groups in total. The van der Waals surface area contributed by atoms with Crippen molar-refractivity contribution in [3.8, 4) is 11.1 Å². The highest BCUT2D eigenvalue weighted by Crippen LogP contribution is 2.45. The standard InChI is InChI=1S/C19H17ClFN5O/c1-7-13(20)18-17(25-16(7)8-2-3-8)12(15(24)19(27)26-18)9-4-5-11(21)14(23)10(9)6-22/h4-6,8,22H,2-3,23-24H2,1H3,(H,26,27). The summed E-state index contributed by atoms with van der Waals surface area (Å²) in [6.45, 7) is 1.87. The Morgan fingerprint density at radius 2 is 2.04 bits per heavy atom. The number of nitrogens with two attached hydrogens (primary N) is 2. The van der Waals surface area contributed by atoms with Gasteiger partial charge in [-0.3, -0.25) is 4.79 Å². The van der Waals surface area contributed by atoms with Gasteiger partial charge in [0.2, 0.25) is 0 Å². The van der Waals surface area contributed by atoms with Gasteiger partial charge in [-0.25, -0.2) is 9.37 Å². The van der Waals surface area contributed by atoms with Crippen LogP contribution in [0.2, 0.25) is 5.02 Å². The Balaban J connectivity index is 2.18. The van der Waals surface area contributed by atoms with Gasteiger partial charge in [-0.15, -0.1) is 0 Å². The Kier molecular flexibility index (Phi) is 3.92. The fourth-order valence-corrected chi connectivity index (χ4v) is 3.62. The number of anilines is 2. The lowest BCUT2D eigenvalue weighted by atomic mass is 9.95. The van der Waals surface area contributed by atoms with Gasteiger partial charge in [0.05, 0.1) is 21.7 Å². The second kappa shape index (κ2) is 6.06. The third-order valence-corrected chi connectivity index (χ3v) is 5.48. The quantitative estimate of drug-likeness (QED) is 0.405. The minimum absolute atomic E-state index is 0.0780. The maximum absolute atomic E-state index is 13.9. The summed E-state index contributed by atoms with van der Waals surface area (Å²) in [7, 11) is 0. The first kappa shape index (κ1) is 17.5. The molecule has 2 aromatic heterocycles. The van der Waals surface area contributed by atoms with Crippen LogP contribution in [0.3, 0.4) is 0 Å². The Labute approximate surface area is 158 Å². The molecule has 4 rings (SSSR count). The first-order chi connectivity index (χ1) is 12.8. The first-order valence-electron chi connectivity index (χ1n) is 8.45. The van der Waals surface area contributed by atoms with Crippen LogP contribution >= 0.6 is 11.6 Å². The molecule has 0 atom stereocenters. The van der Waals surface area contributed by atoms with E-state index in [0.717, 1.165) is 30.3 Å². The van der Waals surface area contributed by atoms with Crippen LogP contribution in [0.5, 0.6) is 0 Å². The third-order valence-electron chi connectivity index (χ3n) is 5.00. The summed E-state index contributed by atoms with van der Waals surface area (Å²) >= 11 is 6.54. The highest BCUT2D eigenvalue weighted by Gasteiger charge is 2.30. The molecule has 8 heteroatoms. The Morgan fingerprint density at radius 3 is 2.67 bits per heavy atom. The third kappa shape index (κ3) is 2.57. The summed E-state index contributed by atoms with van der Waals surface area (Å²) in [6, 6.07) is 2.63. The van der Waals surface area contributed by atoms with Gasteiger partial charge >= 0.3 is 0 Å². The topological polar surface area (TPSA) is 122 Å². The zero-order chi connectivity index (χ0) is 19.5. The maximum atomic E-state index is 13.9. The van der Waals surface area contributed by atoms with E-state index in [1.165, 1.54) is 12.1 Å². The summed E-state index contributed by atoms with van der Waals surface area (Å²) in [5.41, 5.74) is 14.4. The predicted octanol–water partition coefficient (Wildman–Crippen LogP) is 3.73.